The summed E-state index contributed by atoms with van der Waals surface area (Å²) in [6, 6.07) is 9.16. The molecule has 0 spiro atoms. The van der Waals surface area contributed by atoms with Gasteiger partial charge in [0.25, 0.3) is 0 Å². The minimum atomic E-state index is 0.336. The lowest BCUT2D eigenvalue weighted by Gasteiger charge is -2.39. The molecule has 94 valence electrons. The first-order valence-corrected chi connectivity index (χ1v) is 7.07. The molecule has 2 atom stereocenters. The standard InChI is InChI=1S/C17H26/c1-13-8-10-15(11-9-13)17(3,4)16-7-5-6-14(2)12-16/h8-11,14,16H,5-7,12H2,1-4H3. The third-order valence-electron chi connectivity index (χ3n) is 4.75. The maximum Gasteiger partial charge on any atom is -0.00752 e. The van der Waals surface area contributed by atoms with Gasteiger partial charge in [0.2, 0.25) is 0 Å². The van der Waals surface area contributed by atoms with E-state index in [1.54, 1.807) is 0 Å². The van der Waals surface area contributed by atoms with E-state index in [9.17, 15) is 0 Å². The van der Waals surface area contributed by atoms with Gasteiger partial charge in [-0.2, -0.15) is 0 Å². The van der Waals surface area contributed by atoms with Gasteiger partial charge in [-0.3, -0.25) is 0 Å². The average molecular weight is 230 g/mol. The van der Waals surface area contributed by atoms with E-state index in [0.717, 1.165) is 11.8 Å². The van der Waals surface area contributed by atoms with Crippen molar-refractivity contribution in [2.45, 2.75) is 58.8 Å². The zero-order chi connectivity index (χ0) is 12.5. The molecule has 1 aliphatic rings. The molecule has 0 aliphatic heterocycles. The highest BCUT2D eigenvalue weighted by Crippen LogP contribution is 2.42. The van der Waals surface area contributed by atoms with Crippen LogP contribution in [0.1, 0.15) is 57.6 Å². The molecule has 1 saturated carbocycles. The summed E-state index contributed by atoms with van der Waals surface area (Å²) in [5.74, 6) is 1.77. The van der Waals surface area contributed by atoms with Crippen molar-refractivity contribution < 1.29 is 0 Å². The number of hydrogen-bond acceptors (Lipinski definition) is 0. The molecule has 0 saturated heterocycles. The predicted molar refractivity (Wildman–Crippen MR) is 75.3 cm³/mol. The SMILES string of the molecule is Cc1ccc(C(C)(C)C2CCCC(C)C2)cc1. The molecular weight excluding hydrogens is 204 g/mol. The first-order valence-electron chi connectivity index (χ1n) is 7.07. The minimum Gasteiger partial charge on any atom is -0.0625 e. The van der Waals surface area contributed by atoms with E-state index in [1.807, 2.05) is 0 Å². The molecule has 0 heteroatoms. The second-order valence-electron chi connectivity index (χ2n) is 6.56. The highest BCUT2D eigenvalue weighted by atomic mass is 14.4. The van der Waals surface area contributed by atoms with Crippen molar-refractivity contribution in [1.82, 2.24) is 0 Å². The fourth-order valence-electron chi connectivity index (χ4n) is 3.31. The summed E-state index contributed by atoms with van der Waals surface area (Å²) in [5, 5.41) is 0. The van der Waals surface area contributed by atoms with Crippen molar-refractivity contribution in [3.05, 3.63) is 35.4 Å². The lowest BCUT2D eigenvalue weighted by molar-refractivity contribution is 0.194. The predicted octanol–water partition coefficient (Wildman–Crippen LogP) is 5.10. The Morgan fingerprint density at radius 3 is 2.29 bits per heavy atom. The maximum atomic E-state index is 2.43. The Kier molecular flexibility index (Phi) is 3.61. The van der Waals surface area contributed by atoms with Crippen LogP contribution in [0.5, 0.6) is 0 Å². The van der Waals surface area contributed by atoms with Crippen LogP contribution in [0.15, 0.2) is 24.3 Å². The van der Waals surface area contributed by atoms with Crippen LogP contribution in [-0.4, -0.2) is 0 Å². The normalized spacial score (nSPS) is 25.9. The number of rotatable bonds is 2. The van der Waals surface area contributed by atoms with E-state index in [1.165, 1.54) is 36.8 Å². The lowest BCUT2D eigenvalue weighted by Crippen LogP contribution is -2.32. The van der Waals surface area contributed by atoms with Gasteiger partial charge in [0, 0.05) is 0 Å². The van der Waals surface area contributed by atoms with E-state index in [4.69, 9.17) is 0 Å². The van der Waals surface area contributed by atoms with E-state index < -0.39 is 0 Å². The van der Waals surface area contributed by atoms with Crippen LogP contribution in [0.3, 0.4) is 0 Å². The molecular formula is C17H26. The van der Waals surface area contributed by atoms with Crippen molar-refractivity contribution >= 4 is 0 Å². The summed E-state index contributed by atoms with van der Waals surface area (Å²) >= 11 is 0. The number of aryl methyl sites for hydroxylation is 1. The van der Waals surface area contributed by atoms with Crippen LogP contribution in [0.25, 0.3) is 0 Å². The highest BCUT2D eigenvalue weighted by Gasteiger charge is 2.33. The van der Waals surface area contributed by atoms with Crippen LogP contribution in [-0.2, 0) is 5.41 Å². The van der Waals surface area contributed by atoms with Crippen molar-refractivity contribution in [3.63, 3.8) is 0 Å². The zero-order valence-corrected chi connectivity index (χ0v) is 11.8. The Balaban J connectivity index is 2.19. The first kappa shape index (κ1) is 12.7. The minimum absolute atomic E-state index is 0.336. The fraction of sp³-hybridized carbons (Fsp3) is 0.647. The summed E-state index contributed by atoms with van der Waals surface area (Å²) in [6.07, 6.45) is 5.66. The molecule has 0 heterocycles. The highest BCUT2D eigenvalue weighted by molar-refractivity contribution is 5.28. The number of hydrogen-bond donors (Lipinski definition) is 0. The lowest BCUT2D eigenvalue weighted by atomic mass is 9.65. The first-order chi connectivity index (χ1) is 8.00. The van der Waals surface area contributed by atoms with Gasteiger partial charge in [-0.1, -0.05) is 63.4 Å². The van der Waals surface area contributed by atoms with Gasteiger partial charge in [0.05, 0.1) is 0 Å². The average Bonchev–Trinajstić information content (AvgIpc) is 2.29. The topological polar surface area (TPSA) is 0 Å². The summed E-state index contributed by atoms with van der Waals surface area (Å²) in [7, 11) is 0. The molecule has 2 unspecified atom stereocenters. The Labute approximate surface area is 106 Å². The monoisotopic (exact) mass is 230 g/mol. The van der Waals surface area contributed by atoms with Crippen molar-refractivity contribution in [3.8, 4) is 0 Å². The maximum absolute atomic E-state index is 2.43. The van der Waals surface area contributed by atoms with Gasteiger partial charge >= 0.3 is 0 Å². The Bertz CT molecular complexity index is 358. The number of benzene rings is 1. The summed E-state index contributed by atoms with van der Waals surface area (Å²) in [5.41, 5.74) is 3.21. The summed E-state index contributed by atoms with van der Waals surface area (Å²) < 4.78 is 0. The Morgan fingerprint density at radius 1 is 1.06 bits per heavy atom. The van der Waals surface area contributed by atoms with Gasteiger partial charge in [-0.25, -0.2) is 0 Å². The molecule has 0 radical (unpaired) electrons. The van der Waals surface area contributed by atoms with Crippen LogP contribution in [0.2, 0.25) is 0 Å². The van der Waals surface area contributed by atoms with E-state index in [-0.39, 0.29) is 0 Å². The van der Waals surface area contributed by atoms with E-state index >= 15 is 0 Å². The second-order valence-corrected chi connectivity index (χ2v) is 6.56. The van der Waals surface area contributed by atoms with Crippen molar-refractivity contribution in [1.29, 1.82) is 0 Å². The van der Waals surface area contributed by atoms with Crippen molar-refractivity contribution in [2.24, 2.45) is 11.8 Å². The summed E-state index contributed by atoms with van der Waals surface area (Å²) in [6.45, 7) is 9.44. The van der Waals surface area contributed by atoms with Gasteiger partial charge < -0.3 is 0 Å². The molecule has 1 fully saturated rings. The van der Waals surface area contributed by atoms with E-state index in [2.05, 4.69) is 52.0 Å². The molecule has 0 N–H and O–H groups in total. The largest absolute Gasteiger partial charge is 0.0625 e. The Morgan fingerprint density at radius 2 is 1.71 bits per heavy atom. The third-order valence-corrected chi connectivity index (χ3v) is 4.75. The van der Waals surface area contributed by atoms with Gasteiger partial charge in [0.15, 0.2) is 0 Å². The van der Waals surface area contributed by atoms with Crippen LogP contribution in [0, 0.1) is 18.8 Å². The smallest absolute Gasteiger partial charge is 0.00752 e. The molecule has 2 rings (SSSR count). The van der Waals surface area contributed by atoms with Crippen LogP contribution < -0.4 is 0 Å². The third kappa shape index (κ3) is 2.73. The molecule has 0 bridgehead atoms. The van der Waals surface area contributed by atoms with Gasteiger partial charge in [0.1, 0.15) is 0 Å². The molecule has 17 heavy (non-hydrogen) atoms. The van der Waals surface area contributed by atoms with Crippen LogP contribution in [0.4, 0.5) is 0 Å². The van der Waals surface area contributed by atoms with Crippen LogP contribution >= 0.6 is 0 Å². The quantitative estimate of drug-likeness (QED) is 0.663. The molecule has 0 nitrogen and oxygen atoms in total. The molecule has 1 aliphatic carbocycles. The molecule has 0 aromatic heterocycles. The second kappa shape index (κ2) is 4.84. The van der Waals surface area contributed by atoms with Crippen molar-refractivity contribution in [2.75, 3.05) is 0 Å². The molecule has 0 amide bonds. The summed E-state index contributed by atoms with van der Waals surface area (Å²) in [4.78, 5) is 0. The van der Waals surface area contributed by atoms with Gasteiger partial charge in [-0.15, -0.1) is 0 Å². The Hall–Kier alpha value is -0.780. The zero-order valence-electron chi connectivity index (χ0n) is 11.8. The molecule has 1 aromatic rings. The fourth-order valence-corrected chi connectivity index (χ4v) is 3.31. The van der Waals surface area contributed by atoms with Gasteiger partial charge in [-0.05, 0) is 42.6 Å². The van der Waals surface area contributed by atoms with E-state index in [0.29, 0.717) is 5.41 Å². The molecule has 1 aromatic carbocycles.